The number of carbonyl (C=O) groups excluding carboxylic acids is 2. The Labute approximate surface area is 238 Å². The number of anilines is 1. The highest BCUT2D eigenvalue weighted by Crippen LogP contribution is 2.23. The molecule has 40 heavy (non-hydrogen) atoms. The SMILES string of the molecule is Bc1cccc(C)c1CNC(=O)CN(CC(=O)N1CC=CCC(N)C1)c1cccc(OCc2cccc(C)c2)c1. The molecule has 1 aliphatic rings. The fraction of sp³-hybridized carbons (Fsp3) is 0.312. The number of amides is 2. The third-order valence-electron chi connectivity index (χ3n) is 7.18. The van der Waals surface area contributed by atoms with Crippen LogP contribution in [0.25, 0.3) is 0 Å². The normalized spacial score (nSPS) is 14.9. The average Bonchev–Trinajstić information content (AvgIpc) is 3.16. The molecule has 8 heteroatoms. The van der Waals surface area contributed by atoms with Crippen LogP contribution in [0.2, 0.25) is 0 Å². The van der Waals surface area contributed by atoms with Gasteiger partial charge < -0.3 is 25.6 Å². The van der Waals surface area contributed by atoms with E-state index in [1.807, 2.05) is 86.4 Å². The Kier molecular flexibility index (Phi) is 10.0. The van der Waals surface area contributed by atoms with Gasteiger partial charge in [0.1, 0.15) is 20.2 Å². The van der Waals surface area contributed by atoms with E-state index in [-0.39, 0.29) is 30.9 Å². The lowest BCUT2D eigenvalue weighted by Gasteiger charge is -2.29. The van der Waals surface area contributed by atoms with Gasteiger partial charge in [0.25, 0.3) is 0 Å². The largest absolute Gasteiger partial charge is 0.489 e. The second-order valence-corrected chi connectivity index (χ2v) is 10.5. The number of hydrogen-bond donors (Lipinski definition) is 2. The standard InChI is InChI=1S/C32H39BN4O3/c1-23-8-5-10-25(16-23)22-40-28-13-7-12-27(17-28)37(21-32(39)36-15-4-3-11-26(34)19-36)20-31(38)35-18-29-24(2)9-6-14-30(29)33/h3-10,12-14,16-17,26H,11,15,18-22,33-34H2,1-2H3,(H,35,38). The van der Waals surface area contributed by atoms with E-state index in [1.165, 1.54) is 5.56 Å². The highest BCUT2D eigenvalue weighted by Gasteiger charge is 2.22. The van der Waals surface area contributed by atoms with E-state index in [4.69, 9.17) is 10.5 Å². The lowest BCUT2D eigenvalue weighted by atomic mass is 9.88. The van der Waals surface area contributed by atoms with Crippen molar-refractivity contribution in [3.8, 4) is 5.75 Å². The van der Waals surface area contributed by atoms with Crippen LogP contribution in [0.5, 0.6) is 5.75 Å². The summed E-state index contributed by atoms with van der Waals surface area (Å²) in [6.45, 7) is 6.05. The average molecular weight is 539 g/mol. The Morgan fingerprint density at radius 2 is 1.85 bits per heavy atom. The van der Waals surface area contributed by atoms with Crippen LogP contribution in [-0.4, -0.2) is 56.8 Å². The lowest BCUT2D eigenvalue weighted by molar-refractivity contribution is -0.129. The minimum Gasteiger partial charge on any atom is -0.489 e. The summed E-state index contributed by atoms with van der Waals surface area (Å²) in [5.41, 5.74) is 12.5. The summed E-state index contributed by atoms with van der Waals surface area (Å²) in [4.78, 5) is 30.1. The van der Waals surface area contributed by atoms with Crippen molar-refractivity contribution in [3.63, 3.8) is 0 Å². The molecule has 3 aromatic rings. The fourth-order valence-electron chi connectivity index (χ4n) is 4.89. The van der Waals surface area contributed by atoms with E-state index < -0.39 is 0 Å². The predicted molar refractivity (Wildman–Crippen MR) is 164 cm³/mol. The summed E-state index contributed by atoms with van der Waals surface area (Å²) in [6.07, 6.45) is 4.74. The first kappa shape index (κ1) is 29.0. The molecule has 0 aromatic heterocycles. The van der Waals surface area contributed by atoms with Gasteiger partial charge in [0.15, 0.2) is 0 Å². The van der Waals surface area contributed by atoms with Gasteiger partial charge in [-0.25, -0.2) is 0 Å². The van der Waals surface area contributed by atoms with Gasteiger partial charge in [-0.2, -0.15) is 0 Å². The lowest BCUT2D eigenvalue weighted by Crippen LogP contribution is -2.47. The van der Waals surface area contributed by atoms with Crippen LogP contribution in [0, 0.1) is 13.8 Å². The van der Waals surface area contributed by atoms with Crippen molar-refractivity contribution in [1.82, 2.24) is 10.2 Å². The molecular weight excluding hydrogens is 499 g/mol. The van der Waals surface area contributed by atoms with Crippen molar-refractivity contribution >= 4 is 30.8 Å². The summed E-state index contributed by atoms with van der Waals surface area (Å²) in [5, 5.41) is 3.05. The molecule has 3 N–H and O–H groups in total. The van der Waals surface area contributed by atoms with Crippen molar-refractivity contribution in [2.24, 2.45) is 5.73 Å². The van der Waals surface area contributed by atoms with Gasteiger partial charge >= 0.3 is 0 Å². The van der Waals surface area contributed by atoms with Crippen LogP contribution in [0.4, 0.5) is 5.69 Å². The van der Waals surface area contributed by atoms with Crippen LogP contribution in [-0.2, 0) is 22.7 Å². The number of aryl methyl sites for hydroxylation is 2. The molecular formula is C32H39BN4O3. The number of ether oxygens (including phenoxy) is 1. The molecule has 4 rings (SSSR count). The van der Waals surface area contributed by atoms with Gasteiger partial charge in [-0.15, -0.1) is 0 Å². The van der Waals surface area contributed by atoms with Crippen molar-refractivity contribution in [2.45, 2.75) is 39.5 Å². The van der Waals surface area contributed by atoms with Crippen LogP contribution in [0.3, 0.4) is 0 Å². The molecule has 1 heterocycles. The quantitative estimate of drug-likeness (QED) is 0.306. The number of carbonyl (C=O) groups is 2. The molecule has 0 spiro atoms. The third-order valence-corrected chi connectivity index (χ3v) is 7.18. The van der Waals surface area contributed by atoms with E-state index in [2.05, 4.69) is 24.4 Å². The summed E-state index contributed by atoms with van der Waals surface area (Å²) >= 11 is 0. The van der Waals surface area contributed by atoms with Crippen molar-refractivity contribution in [3.05, 3.63) is 101 Å². The zero-order valence-corrected chi connectivity index (χ0v) is 23.7. The molecule has 1 atom stereocenters. The minimum absolute atomic E-state index is 0.0355. The zero-order chi connectivity index (χ0) is 28.5. The molecule has 3 aromatic carbocycles. The highest BCUT2D eigenvalue weighted by molar-refractivity contribution is 6.33. The van der Waals surface area contributed by atoms with E-state index in [0.29, 0.717) is 32.0 Å². The van der Waals surface area contributed by atoms with Crippen LogP contribution < -0.4 is 26.2 Å². The van der Waals surface area contributed by atoms with E-state index in [0.717, 1.165) is 34.3 Å². The predicted octanol–water partition coefficient (Wildman–Crippen LogP) is 2.38. The second-order valence-electron chi connectivity index (χ2n) is 10.5. The van der Waals surface area contributed by atoms with Crippen LogP contribution >= 0.6 is 0 Å². The molecule has 1 unspecified atom stereocenters. The smallest absolute Gasteiger partial charge is 0.242 e. The number of rotatable bonds is 10. The maximum atomic E-state index is 13.4. The molecule has 2 amide bonds. The van der Waals surface area contributed by atoms with Crippen molar-refractivity contribution < 1.29 is 14.3 Å². The Morgan fingerprint density at radius 3 is 2.65 bits per heavy atom. The number of hydrogen-bond acceptors (Lipinski definition) is 5. The topological polar surface area (TPSA) is 87.9 Å². The van der Waals surface area contributed by atoms with Crippen molar-refractivity contribution in [1.29, 1.82) is 0 Å². The molecule has 7 nitrogen and oxygen atoms in total. The number of nitrogens with zero attached hydrogens (tertiary/aromatic N) is 2. The fourth-order valence-corrected chi connectivity index (χ4v) is 4.89. The minimum atomic E-state index is -0.158. The first-order chi connectivity index (χ1) is 19.3. The molecule has 0 fully saturated rings. The molecule has 0 saturated heterocycles. The zero-order valence-electron chi connectivity index (χ0n) is 23.7. The van der Waals surface area contributed by atoms with Crippen LogP contribution in [0.1, 0.15) is 28.7 Å². The number of nitrogens with two attached hydrogens (primary N) is 1. The van der Waals surface area contributed by atoms with E-state index >= 15 is 0 Å². The molecule has 0 aliphatic carbocycles. The van der Waals surface area contributed by atoms with Gasteiger partial charge in [-0.1, -0.05) is 71.7 Å². The Morgan fingerprint density at radius 1 is 1.05 bits per heavy atom. The summed E-state index contributed by atoms with van der Waals surface area (Å²) in [7, 11) is 2.04. The highest BCUT2D eigenvalue weighted by atomic mass is 16.5. The molecule has 0 bridgehead atoms. The number of benzene rings is 3. The summed E-state index contributed by atoms with van der Waals surface area (Å²) in [5.74, 6) is 0.441. The Hall–Kier alpha value is -4.04. The summed E-state index contributed by atoms with van der Waals surface area (Å²) < 4.78 is 6.08. The van der Waals surface area contributed by atoms with Gasteiger partial charge in [0.05, 0.1) is 13.1 Å². The summed E-state index contributed by atoms with van der Waals surface area (Å²) in [6, 6.07) is 21.8. The van der Waals surface area contributed by atoms with Crippen molar-refractivity contribution in [2.75, 3.05) is 31.1 Å². The maximum absolute atomic E-state index is 13.4. The van der Waals surface area contributed by atoms with E-state index in [9.17, 15) is 9.59 Å². The Bertz CT molecular complexity index is 1340. The van der Waals surface area contributed by atoms with Gasteiger partial charge in [0, 0.05) is 37.4 Å². The van der Waals surface area contributed by atoms with Crippen LogP contribution in [0.15, 0.2) is 78.9 Å². The first-order valence-electron chi connectivity index (χ1n) is 13.8. The second kappa shape index (κ2) is 13.9. The molecule has 0 radical (unpaired) electrons. The van der Waals surface area contributed by atoms with Gasteiger partial charge in [0.2, 0.25) is 11.8 Å². The molecule has 0 saturated carbocycles. The van der Waals surface area contributed by atoms with E-state index in [1.54, 1.807) is 4.90 Å². The van der Waals surface area contributed by atoms with Gasteiger partial charge in [-0.3, -0.25) is 9.59 Å². The third kappa shape index (κ3) is 8.23. The number of nitrogens with one attached hydrogen (secondary N) is 1. The van der Waals surface area contributed by atoms with Gasteiger partial charge in [-0.05, 0) is 49.1 Å². The maximum Gasteiger partial charge on any atom is 0.242 e. The monoisotopic (exact) mass is 538 g/mol. The molecule has 208 valence electrons. The first-order valence-corrected chi connectivity index (χ1v) is 13.8. The molecule has 1 aliphatic heterocycles. The Balaban J connectivity index is 1.49.